The summed E-state index contributed by atoms with van der Waals surface area (Å²) in [5.74, 6) is 1.46. The van der Waals surface area contributed by atoms with E-state index in [4.69, 9.17) is 0 Å². The molecule has 3 fully saturated rings. The van der Waals surface area contributed by atoms with Gasteiger partial charge in [0.05, 0.1) is 12.2 Å². The van der Waals surface area contributed by atoms with E-state index in [-0.39, 0.29) is 6.04 Å². The van der Waals surface area contributed by atoms with Crippen LogP contribution in [0.25, 0.3) is 0 Å². The maximum atomic E-state index is 12.9. The maximum Gasteiger partial charge on any atom is 0.241 e. The minimum Gasteiger partial charge on any atom is -0.325 e. The summed E-state index contributed by atoms with van der Waals surface area (Å²) < 4.78 is 0. The number of hydrogen-bond acceptors (Lipinski definition) is 2. The smallest absolute Gasteiger partial charge is 0.241 e. The number of amides is 1. The quantitative estimate of drug-likeness (QED) is 0.840. The fourth-order valence-corrected chi connectivity index (χ4v) is 4.64. The zero-order valence-corrected chi connectivity index (χ0v) is 14.0. The number of nitrogens with zero attached hydrogens (tertiary/aromatic N) is 1. The van der Waals surface area contributed by atoms with Crippen LogP contribution in [0.15, 0.2) is 0 Å². The Morgan fingerprint density at radius 3 is 2.38 bits per heavy atom. The molecule has 3 aliphatic rings. The van der Waals surface area contributed by atoms with Crippen LogP contribution >= 0.6 is 0 Å². The fraction of sp³-hybridized carbons (Fsp3) is 0.944. The van der Waals surface area contributed by atoms with Crippen molar-refractivity contribution in [1.29, 1.82) is 0 Å². The molecule has 2 saturated carbocycles. The van der Waals surface area contributed by atoms with Crippen molar-refractivity contribution in [3.8, 4) is 0 Å². The molecule has 0 aromatic carbocycles. The largest absolute Gasteiger partial charge is 0.325 e. The van der Waals surface area contributed by atoms with Gasteiger partial charge in [0.1, 0.15) is 0 Å². The van der Waals surface area contributed by atoms with Crippen molar-refractivity contribution >= 4 is 5.91 Å². The Morgan fingerprint density at radius 1 is 1.24 bits per heavy atom. The lowest BCUT2D eigenvalue weighted by Gasteiger charge is -2.45. The zero-order chi connectivity index (χ0) is 15.0. The van der Waals surface area contributed by atoms with Gasteiger partial charge in [-0.05, 0) is 49.4 Å². The molecule has 0 bridgehead atoms. The second-order valence-corrected chi connectivity index (χ2v) is 8.05. The third-order valence-corrected chi connectivity index (χ3v) is 6.42. The van der Waals surface area contributed by atoms with Gasteiger partial charge in [-0.3, -0.25) is 10.1 Å². The van der Waals surface area contributed by atoms with Crippen molar-refractivity contribution in [2.75, 3.05) is 6.54 Å². The first-order chi connectivity index (χ1) is 10.1. The number of rotatable bonds is 5. The Morgan fingerprint density at radius 2 is 1.90 bits per heavy atom. The minimum absolute atomic E-state index is 0.0459. The van der Waals surface area contributed by atoms with E-state index in [1.54, 1.807) is 0 Å². The zero-order valence-electron chi connectivity index (χ0n) is 14.0. The van der Waals surface area contributed by atoms with Crippen LogP contribution < -0.4 is 5.32 Å². The van der Waals surface area contributed by atoms with Gasteiger partial charge < -0.3 is 4.90 Å². The topological polar surface area (TPSA) is 32.3 Å². The van der Waals surface area contributed by atoms with E-state index in [1.165, 1.54) is 51.4 Å². The normalized spacial score (nSPS) is 33.0. The number of hydrogen-bond donors (Lipinski definition) is 1. The van der Waals surface area contributed by atoms with Crippen LogP contribution in [0.5, 0.6) is 0 Å². The molecule has 2 atom stereocenters. The van der Waals surface area contributed by atoms with Crippen molar-refractivity contribution in [2.24, 2.45) is 17.3 Å². The van der Waals surface area contributed by atoms with E-state index >= 15 is 0 Å². The van der Waals surface area contributed by atoms with Crippen LogP contribution in [0.4, 0.5) is 0 Å². The fourth-order valence-electron chi connectivity index (χ4n) is 4.64. The monoisotopic (exact) mass is 292 g/mol. The van der Waals surface area contributed by atoms with Crippen molar-refractivity contribution in [2.45, 2.75) is 84.3 Å². The first kappa shape index (κ1) is 15.3. The van der Waals surface area contributed by atoms with Crippen LogP contribution in [0.1, 0.15) is 72.1 Å². The molecule has 1 N–H and O–H groups in total. The minimum atomic E-state index is 0.0459. The van der Waals surface area contributed by atoms with Gasteiger partial charge in [0.15, 0.2) is 0 Å². The molecular formula is C18H32N2O. The van der Waals surface area contributed by atoms with Gasteiger partial charge in [-0.2, -0.15) is 0 Å². The summed E-state index contributed by atoms with van der Waals surface area (Å²) in [6.45, 7) is 7.64. The SMILES string of the molecule is CCC1(CN2C(=O)C(C(C)C)NC2C2CCCC2)CCC1. The molecule has 2 aliphatic carbocycles. The van der Waals surface area contributed by atoms with E-state index in [2.05, 4.69) is 31.0 Å². The molecule has 0 spiro atoms. The molecule has 0 aromatic heterocycles. The third-order valence-electron chi connectivity index (χ3n) is 6.42. The predicted molar refractivity (Wildman–Crippen MR) is 85.8 cm³/mol. The highest BCUT2D eigenvalue weighted by atomic mass is 16.2. The molecule has 1 saturated heterocycles. The molecule has 0 aromatic rings. The summed E-state index contributed by atoms with van der Waals surface area (Å²) in [5.41, 5.74) is 0.431. The first-order valence-corrected chi connectivity index (χ1v) is 9.13. The van der Waals surface area contributed by atoms with Gasteiger partial charge in [0, 0.05) is 6.54 Å². The summed E-state index contributed by atoms with van der Waals surface area (Å²) in [6.07, 6.45) is 10.8. The molecule has 21 heavy (non-hydrogen) atoms. The Labute approximate surface area is 129 Å². The van der Waals surface area contributed by atoms with Crippen LogP contribution in [0, 0.1) is 17.3 Å². The highest BCUT2D eigenvalue weighted by Crippen LogP contribution is 2.46. The maximum absolute atomic E-state index is 12.9. The van der Waals surface area contributed by atoms with E-state index in [9.17, 15) is 4.79 Å². The van der Waals surface area contributed by atoms with Crippen molar-refractivity contribution in [3.63, 3.8) is 0 Å². The van der Waals surface area contributed by atoms with E-state index < -0.39 is 0 Å². The third kappa shape index (κ3) is 2.74. The van der Waals surface area contributed by atoms with Crippen molar-refractivity contribution in [1.82, 2.24) is 10.2 Å². The summed E-state index contributed by atoms with van der Waals surface area (Å²) in [6, 6.07) is 0.0459. The van der Waals surface area contributed by atoms with Crippen molar-refractivity contribution < 1.29 is 4.79 Å². The average molecular weight is 292 g/mol. The molecule has 0 radical (unpaired) electrons. The first-order valence-electron chi connectivity index (χ1n) is 9.13. The van der Waals surface area contributed by atoms with E-state index in [0.717, 1.165) is 6.54 Å². The molecule has 120 valence electrons. The molecule has 3 heteroatoms. The second-order valence-electron chi connectivity index (χ2n) is 8.05. The summed E-state index contributed by atoms with van der Waals surface area (Å²) >= 11 is 0. The van der Waals surface area contributed by atoms with Crippen molar-refractivity contribution in [3.05, 3.63) is 0 Å². The molecule has 2 unspecified atom stereocenters. The van der Waals surface area contributed by atoms with Gasteiger partial charge in [-0.1, -0.05) is 40.0 Å². The Balaban J connectivity index is 1.77. The van der Waals surface area contributed by atoms with Gasteiger partial charge >= 0.3 is 0 Å². The molecule has 1 aliphatic heterocycles. The van der Waals surface area contributed by atoms with Gasteiger partial charge in [0.25, 0.3) is 0 Å². The molecule has 3 nitrogen and oxygen atoms in total. The Bertz CT molecular complexity index is 377. The van der Waals surface area contributed by atoms with Gasteiger partial charge in [-0.15, -0.1) is 0 Å². The van der Waals surface area contributed by atoms with Crippen LogP contribution in [-0.2, 0) is 4.79 Å². The second kappa shape index (κ2) is 5.91. The highest BCUT2D eigenvalue weighted by molar-refractivity contribution is 5.84. The Hall–Kier alpha value is -0.570. The summed E-state index contributed by atoms with van der Waals surface area (Å²) in [7, 11) is 0. The number of nitrogens with one attached hydrogen (secondary N) is 1. The van der Waals surface area contributed by atoms with E-state index in [1.807, 2.05) is 0 Å². The summed E-state index contributed by atoms with van der Waals surface area (Å²) in [5, 5.41) is 3.70. The van der Waals surface area contributed by atoms with E-state index in [0.29, 0.717) is 29.3 Å². The summed E-state index contributed by atoms with van der Waals surface area (Å²) in [4.78, 5) is 15.2. The number of carbonyl (C=O) groups is 1. The standard InChI is InChI=1S/C18H32N2O/c1-4-18(10-7-11-18)12-20-16(14-8-5-6-9-14)19-15(13(2)3)17(20)21/h13-16,19H,4-12H2,1-3H3. The molecule has 1 amide bonds. The lowest BCUT2D eigenvalue weighted by molar-refractivity contribution is -0.134. The van der Waals surface area contributed by atoms with Crippen LogP contribution in [0.3, 0.4) is 0 Å². The lowest BCUT2D eigenvalue weighted by Crippen LogP contribution is -2.49. The molecule has 3 rings (SSSR count). The lowest BCUT2D eigenvalue weighted by atomic mass is 9.66. The van der Waals surface area contributed by atoms with Gasteiger partial charge in [0.2, 0.25) is 5.91 Å². The van der Waals surface area contributed by atoms with Crippen LogP contribution in [-0.4, -0.2) is 29.6 Å². The predicted octanol–water partition coefficient (Wildman–Crippen LogP) is 3.54. The number of carbonyl (C=O) groups excluding carboxylic acids is 1. The average Bonchev–Trinajstić information content (AvgIpc) is 3.02. The molecular weight excluding hydrogens is 260 g/mol. The highest BCUT2D eigenvalue weighted by Gasteiger charge is 2.48. The Kier molecular flexibility index (Phi) is 4.31. The van der Waals surface area contributed by atoms with Crippen LogP contribution in [0.2, 0.25) is 0 Å². The molecule has 1 heterocycles. The van der Waals surface area contributed by atoms with Gasteiger partial charge in [-0.25, -0.2) is 0 Å².